The third-order valence-corrected chi connectivity index (χ3v) is 14.1. The number of aliphatic carboxylic acids is 1. The maximum Gasteiger partial charge on any atom is 0.303 e. The van der Waals surface area contributed by atoms with E-state index in [2.05, 4.69) is 35.6 Å². The Morgan fingerprint density at radius 1 is 0.803 bits per heavy atom. The van der Waals surface area contributed by atoms with Gasteiger partial charge in [-0.1, -0.05) is 48.6 Å². The normalized spacial score (nSPS) is 17.9. The molecule has 14 nitrogen and oxygen atoms in total. The Hall–Kier alpha value is -5.49. The highest BCUT2D eigenvalue weighted by atomic mass is 32.2. The van der Waals surface area contributed by atoms with E-state index in [-0.39, 0.29) is 23.6 Å². The van der Waals surface area contributed by atoms with Crippen molar-refractivity contribution in [3.8, 4) is 0 Å². The highest BCUT2D eigenvalue weighted by Gasteiger charge is 2.46. The van der Waals surface area contributed by atoms with Crippen LogP contribution < -0.4 is 10.2 Å². The van der Waals surface area contributed by atoms with Crippen LogP contribution in [0.1, 0.15) is 80.8 Å². The minimum absolute atomic E-state index is 0.0987. The Balaban J connectivity index is 1.32. The van der Waals surface area contributed by atoms with Gasteiger partial charge in [-0.25, -0.2) is 16.8 Å². The number of hydrogen-bond acceptors (Lipinski definition) is 11. The van der Waals surface area contributed by atoms with E-state index in [1.165, 1.54) is 12.1 Å². The van der Waals surface area contributed by atoms with E-state index in [1.54, 1.807) is 26.4 Å². The van der Waals surface area contributed by atoms with Crippen LogP contribution in [0.2, 0.25) is 0 Å². The Labute approximate surface area is 387 Å². The van der Waals surface area contributed by atoms with Crippen molar-refractivity contribution in [2.45, 2.75) is 75.0 Å². The number of carbonyl (C=O) groups excluding carboxylic acids is 1. The Morgan fingerprint density at radius 3 is 2.20 bits per heavy atom. The van der Waals surface area contributed by atoms with Crippen LogP contribution in [0.3, 0.4) is 0 Å². The number of hydrogen-bond donors (Lipinski definition) is 2. The first-order valence-electron chi connectivity index (χ1n) is 22.0. The second kappa shape index (κ2) is 21.0. The number of nitrogens with one attached hydrogen (secondary N) is 1. The number of methoxy groups -OCH3 is 2. The molecule has 352 valence electrons. The summed E-state index contributed by atoms with van der Waals surface area (Å²) in [6.45, 7) is 8.56. The lowest BCUT2D eigenvalue weighted by Gasteiger charge is -2.31. The quantitative estimate of drug-likeness (QED) is 0.0338. The summed E-state index contributed by atoms with van der Waals surface area (Å²) in [5.74, 6) is -1.56. The molecule has 66 heavy (non-hydrogen) atoms. The third-order valence-electron chi connectivity index (χ3n) is 12.5. The van der Waals surface area contributed by atoms with Crippen molar-refractivity contribution in [2.24, 2.45) is 0 Å². The van der Waals surface area contributed by atoms with Gasteiger partial charge in [-0.2, -0.15) is 4.58 Å². The van der Waals surface area contributed by atoms with Crippen LogP contribution in [0.5, 0.6) is 0 Å². The van der Waals surface area contributed by atoms with Crippen LogP contribution in [0.15, 0.2) is 114 Å². The van der Waals surface area contributed by atoms with Crippen molar-refractivity contribution in [2.75, 3.05) is 57.7 Å². The first-order valence-corrected chi connectivity index (χ1v) is 25.0. The number of fused-ring (bicyclic) bond motifs is 6. The van der Waals surface area contributed by atoms with Crippen molar-refractivity contribution < 1.29 is 54.7 Å². The number of amides is 1. The molecule has 0 saturated carbocycles. The van der Waals surface area contributed by atoms with Gasteiger partial charge in [0.2, 0.25) is 5.69 Å². The summed E-state index contributed by atoms with van der Waals surface area (Å²) in [4.78, 5) is 26.0. The monoisotopic (exact) mass is 940 g/mol. The van der Waals surface area contributed by atoms with Gasteiger partial charge in [0.25, 0.3) is 5.91 Å². The number of carboxylic acid groups (broad SMARTS) is 1. The van der Waals surface area contributed by atoms with Gasteiger partial charge in [-0.15, -0.1) is 0 Å². The second-order valence-electron chi connectivity index (χ2n) is 17.3. The van der Waals surface area contributed by atoms with Crippen molar-refractivity contribution >= 4 is 70.7 Å². The zero-order chi connectivity index (χ0) is 47.9. The lowest BCUT2D eigenvalue weighted by atomic mass is 9.75. The molecule has 0 aliphatic carbocycles. The first-order chi connectivity index (χ1) is 31.3. The van der Waals surface area contributed by atoms with E-state index in [0.717, 1.165) is 62.9 Å². The van der Waals surface area contributed by atoms with Crippen LogP contribution in [0, 0.1) is 0 Å². The first kappa shape index (κ1) is 49.9. The smallest absolute Gasteiger partial charge is 0.303 e. The molecule has 0 spiro atoms. The second-order valence-corrected chi connectivity index (χ2v) is 20.2. The molecule has 2 N–H and O–H groups in total. The Kier molecular flexibility index (Phi) is 15.9. The molecular formula is C50H58N3O11S2-. The zero-order valence-corrected chi connectivity index (χ0v) is 39.7. The van der Waals surface area contributed by atoms with E-state index in [4.69, 9.17) is 14.6 Å². The molecule has 16 heteroatoms. The van der Waals surface area contributed by atoms with Crippen LogP contribution in [0.25, 0.3) is 21.5 Å². The van der Waals surface area contributed by atoms with E-state index in [0.29, 0.717) is 56.6 Å². The maximum atomic E-state index is 13.0. The molecule has 6 rings (SSSR count). The van der Waals surface area contributed by atoms with Crippen LogP contribution in [-0.4, -0.2) is 106 Å². The van der Waals surface area contributed by atoms with Gasteiger partial charge >= 0.3 is 5.97 Å². The molecule has 1 amide bonds. The van der Waals surface area contributed by atoms with Crippen LogP contribution in [0.4, 0.5) is 11.4 Å². The molecule has 1 unspecified atom stereocenters. The molecule has 0 fully saturated rings. The molecule has 1 atom stereocenters. The number of anilines is 1. The fraction of sp³-hybridized carbons (Fsp3) is 0.380. The standard InChI is InChI=1S/C50H59N3O11S2/c1-49(2)43(52(28-13-9-12-17-45(54)55)41-24-20-36-34-38(66(60,61)62)21-23-39(36)46(41)49)15-10-7-6-8-11-16-44-50(3,26-14-32-65(57,58)59)47-40-22-18-37(48(56)51-27-30-63-4)33-35(40)19-25-42(47)53(44)29-31-64-5/h6-8,10-11,15-16,18-25,33-34H,9,12-14,17,26-32H2,1-5H3,(H3-,51,54,55,56,57,58,59,60,61,62)/p-1. The molecule has 0 aromatic heterocycles. The van der Waals surface area contributed by atoms with Gasteiger partial charge in [0.1, 0.15) is 16.7 Å². The zero-order valence-electron chi connectivity index (χ0n) is 38.0. The van der Waals surface area contributed by atoms with Gasteiger partial charge < -0.3 is 33.9 Å². The summed E-state index contributed by atoms with van der Waals surface area (Å²) < 4.78 is 83.8. The Bertz CT molecular complexity index is 2880. The molecule has 0 bridgehead atoms. The number of nitrogens with zero attached hydrogens (tertiary/aromatic N) is 2. The van der Waals surface area contributed by atoms with Gasteiger partial charge in [0.15, 0.2) is 5.71 Å². The van der Waals surface area contributed by atoms with Crippen molar-refractivity contribution in [1.82, 2.24) is 5.32 Å². The molecule has 2 heterocycles. The maximum absolute atomic E-state index is 13.0. The average Bonchev–Trinajstić information content (AvgIpc) is 3.62. The molecule has 0 radical (unpaired) electrons. The van der Waals surface area contributed by atoms with Gasteiger partial charge in [-0.3, -0.25) is 9.59 Å². The number of benzene rings is 4. The molecule has 2 aliphatic heterocycles. The minimum atomic E-state index is -4.64. The number of rotatable bonds is 22. The fourth-order valence-electron chi connectivity index (χ4n) is 9.42. The number of allylic oxidation sites excluding steroid dienone is 8. The predicted molar refractivity (Wildman–Crippen MR) is 255 cm³/mol. The number of carbonyl (C=O) groups is 2. The lowest BCUT2D eigenvalue weighted by Crippen LogP contribution is -2.31. The van der Waals surface area contributed by atoms with E-state index < -0.39 is 42.8 Å². The van der Waals surface area contributed by atoms with Crippen LogP contribution >= 0.6 is 0 Å². The molecule has 2 aliphatic rings. The number of carboxylic acids is 1. The summed E-state index contributed by atoms with van der Waals surface area (Å²) in [5, 5.41) is 15.3. The topological polar surface area (TPSA) is 206 Å². The number of ether oxygens (including phenoxy) is 2. The SMILES string of the molecule is COCCNC(=O)c1ccc2c3c(ccc2c1)N(CCOC)/C(=C/C=C/C=C/C=C/C1=[N+](CCCCCC(=O)O)c2ccc4cc(S(=O)(=O)[O-])ccc4c2C1(C)C)C3(C)CCCS(=O)(=O)[O-]. The molecule has 4 aromatic rings. The molecular weight excluding hydrogens is 883 g/mol. The van der Waals surface area contributed by atoms with Crippen molar-refractivity contribution in [1.29, 1.82) is 0 Å². The Morgan fingerprint density at radius 2 is 1.48 bits per heavy atom. The molecule has 0 saturated heterocycles. The fourth-order valence-corrected chi connectivity index (χ4v) is 10.4. The highest BCUT2D eigenvalue weighted by Crippen LogP contribution is 2.53. The largest absolute Gasteiger partial charge is 0.748 e. The minimum Gasteiger partial charge on any atom is -0.748 e. The summed E-state index contributed by atoms with van der Waals surface area (Å²) in [6, 6.07) is 17.7. The van der Waals surface area contributed by atoms with Crippen LogP contribution in [-0.2, 0) is 45.3 Å². The van der Waals surface area contributed by atoms with Crippen molar-refractivity contribution in [3.63, 3.8) is 0 Å². The summed E-state index contributed by atoms with van der Waals surface area (Å²) >= 11 is 0. The molecule has 4 aromatic carbocycles. The van der Waals surface area contributed by atoms with E-state index in [1.807, 2.05) is 78.9 Å². The van der Waals surface area contributed by atoms with E-state index >= 15 is 0 Å². The summed E-state index contributed by atoms with van der Waals surface area (Å²) in [5.41, 5.74) is 4.99. The van der Waals surface area contributed by atoms with E-state index in [9.17, 15) is 35.5 Å². The average molecular weight is 941 g/mol. The third kappa shape index (κ3) is 11.2. The van der Waals surface area contributed by atoms with Crippen molar-refractivity contribution in [3.05, 3.63) is 126 Å². The number of unbranched alkanes of at least 4 members (excludes halogenated alkanes) is 2. The van der Waals surface area contributed by atoms with Gasteiger partial charge in [0.05, 0.1) is 33.6 Å². The lowest BCUT2D eigenvalue weighted by molar-refractivity contribution is -0.438. The summed E-state index contributed by atoms with van der Waals surface area (Å²) in [6.07, 6.45) is 16.3. The highest BCUT2D eigenvalue weighted by molar-refractivity contribution is 7.86. The predicted octanol–water partition coefficient (Wildman–Crippen LogP) is 7.60. The van der Waals surface area contributed by atoms with Gasteiger partial charge in [0, 0.05) is 86.0 Å². The van der Waals surface area contributed by atoms with Gasteiger partial charge in [-0.05, 0) is 116 Å². The summed E-state index contributed by atoms with van der Waals surface area (Å²) in [7, 11) is -5.91.